The normalized spacial score (nSPS) is 17.4. The van der Waals surface area contributed by atoms with Gasteiger partial charge in [0, 0.05) is 45.9 Å². The first-order valence-electron chi connectivity index (χ1n) is 8.51. The topological polar surface area (TPSA) is 57.2 Å². The highest BCUT2D eigenvalue weighted by molar-refractivity contribution is 6.30. The highest BCUT2D eigenvalue weighted by atomic mass is 35.5. The van der Waals surface area contributed by atoms with E-state index in [9.17, 15) is 4.79 Å². The van der Waals surface area contributed by atoms with Crippen molar-refractivity contribution in [3.05, 3.63) is 34.9 Å². The van der Waals surface area contributed by atoms with Gasteiger partial charge in [0.1, 0.15) is 6.54 Å². The predicted molar refractivity (Wildman–Crippen MR) is 101 cm³/mol. The number of carbonyl (C=O) groups is 1. The smallest absolute Gasteiger partial charge is 0.243 e. The molecule has 1 atom stereocenters. The molecule has 1 amide bonds. The van der Waals surface area contributed by atoms with Gasteiger partial charge in [-0.05, 0) is 30.5 Å². The van der Waals surface area contributed by atoms with Crippen molar-refractivity contribution >= 4 is 23.5 Å². The lowest BCUT2D eigenvalue weighted by molar-refractivity contribution is -0.127. The molecule has 1 saturated heterocycles. The highest BCUT2D eigenvalue weighted by Gasteiger charge is 2.17. The molecule has 138 valence electrons. The van der Waals surface area contributed by atoms with Gasteiger partial charge in [-0.2, -0.15) is 0 Å². The fraction of sp³-hybridized carbons (Fsp3) is 0.556. The number of halogens is 1. The van der Waals surface area contributed by atoms with E-state index in [0.717, 1.165) is 25.0 Å². The van der Waals surface area contributed by atoms with Crippen molar-refractivity contribution in [1.82, 2.24) is 15.1 Å². The van der Waals surface area contributed by atoms with Crippen LogP contribution >= 0.6 is 11.6 Å². The summed E-state index contributed by atoms with van der Waals surface area (Å²) in [6.07, 6.45) is 2.36. The third kappa shape index (κ3) is 6.55. The zero-order valence-electron chi connectivity index (χ0n) is 15.2. The molecular formula is C18H27ClN4O2. The fourth-order valence-electron chi connectivity index (χ4n) is 2.54. The average molecular weight is 367 g/mol. The monoisotopic (exact) mass is 366 g/mol. The fourth-order valence-corrected chi connectivity index (χ4v) is 2.67. The van der Waals surface area contributed by atoms with E-state index in [1.165, 1.54) is 0 Å². The molecular weight excluding hydrogens is 340 g/mol. The van der Waals surface area contributed by atoms with E-state index < -0.39 is 0 Å². The van der Waals surface area contributed by atoms with Crippen molar-refractivity contribution in [3.8, 4) is 0 Å². The molecule has 1 aliphatic rings. The van der Waals surface area contributed by atoms with Gasteiger partial charge >= 0.3 is 0 Å². The van der Waals surface area contributed by atoms with Crippen LogP contribution in [0.4, 0.5) is 0 Å². The molecule has 1 aromatic carbocycles. The molecule has 1 heterocycles. The van der Waals surface area contributed by atoms with E-state index in [0.29, 0.717) is 24.1 Å². The molecule has 1 aromatic rings. The summed E-state index contributed by atoms with van der Waals surface area (Å²) < 4.78 is 5.65. The Morgan fingerprint density at radius 1 is 1.32 bits per heavy atom. The van der Waals surface area contributed by atoms with E-state index in [1.54, 1.807) is 19.0 Å². The molecule has 0 bridgehead atoms. The van der Waals surface area contributed by atoms with Gasteiger partial charge in [-0.15, -0.1) is 0 Å². The third-order valence-corrected chi connectivity index (χ3v) is 4.32. The summed E-state index contributed by atoms with van der Waals surface area (Å²) in [6, 6.07) is 7.72. The van der Waals surface area contributed by atoms with Gasteiger partial charge < -0.3 is 19.9 Å². The lowest BCUT2D eigenvalue weighted by Gasteiger charge is -2.24. The van der Waals surface area contributed by atoms with Gasteiger partial charge in [-0.1, -0.05) is 23.7 Å². The summed E-state index contributed by atoms with van der Waals surface area (Å²) in [5.74, 6) is 0.664. The molecule has 0 aromatic heterocycles. The number of benzene rings is 1. The summed E-state index contributed by atoms with van der Waals surface area (Å²) in [7, 11) is 5.42. The van der Waals surface area contributed by atoms with Crippen LogP contribution in [0.2, 0.25) is 5.02 Å². The molecule has 1 unspecified atom stereocenters. The summed E-state index contributed by atoms with van der Waals surface area (Å²) in [5, 5.41) is 4.06. The second-order valence-corrected chi connectivity index (χ2v) is 6.86. The van der Waals surface area contributed by atoms with Gasteiger partial charge in [0.25, 0.3) is 0 Å². The first-order chi connectivity index (χ1) is 12.0. The van der Waals surface area contributed by atoms with Crippen LogP contribution in [-0.4, -0.2) is 68.6 Å². The average Bonchev–Trinajstić information content (AvgIpc) is 3.10. The lowest BCUT2D eigenvalue weighted by Crippen LogP contribution is -2.42. The van der Waals surface area contributed by atoms with Crippen LogP contribution in [-0.2, 0) is 16.1 Å². The minimum atomic E-state index is -0.0312. The Kier molecular flexibility index (Phi) is 7.52. The summed E-state index contributed by atoms with van der Waals surface area (Å²) in [4.78, 5) is 19.9. The number of aliphatic imine (C=N–C) groups is 1. The molecule has 1 N–H and O–H groups in total. The van der Waals surface area contributed by atoms with Crippen LogP contribution < -0.4 is 5.32 Å². The maximum Gasteiger partial charge on any atom is 0.243 e. The Labute approximate surface area is 154 Å². The number of hydrogen-bond donors (Lipinski definition) is 1. The Balaban J connectivity index is 2.00. The van der Waals surface area contributed by atoms with E-state index in [4.69, 9.17) is 16.3 Å². The molecule has 1 aliphatic heterocycles. The number of hydrogen-bond acceptors (Lipinski definition) is 3. The minimum absolute atomic E-state index is 0.0312. The molecule has 0 radical (unpaired) electrons. The summed E-state index contributed by atoms with van der Waals surface area (Å²) in [6.45, 7) is 2.30. The van der Waals surface area contributed by atoms with Gasteiger partial charge in [-0.25, -0.2) is 4.99 Å². The van der Waals surface area contributed by atoms with Crippen LogP contribution in [0.15, 0.2) is 29.3 Å². The van der Waals surface area contributed by atoms with Gasteiger partial charge in [0.05, 0.1) is 6.10 Å². The van der Waals surface area contributed by atoms with Gasteiger partial charge in [0.15, 0.2) is 5.96 Å². The van der Waals surface area contributed by atoms with Crippen molar-refractivity contribution in [2.45, 2.75) is 25.5 Å². The molecule has 0 saturated carbocycles. The van der Waals surface area contributed by atoms with Crippen LogP contribution in [0, 0.1) is 0 Å². The predicted octanol–water partition coefficient (Wildman–Crippen LogP) is 1.98. The number of carbonyl (C=O) groups excluding carboxylic acids is 1. The largest absolute Gasteiger partial charge is 0.376 e. The standard InChI is InChI=1S/C18H27ClN4O2/c1-22(2)17(24)12-21-18(20-11-16-5-4-10-25-16)23(3)13-14-6-8-15(19)9-7-14/h6-9,16H,4-5,10-13H2,1-3H3,(H,20,21). The Hall–Kier alpha value is -1.79. The number of amides is 1. The van der Waals surface area contributed by atoms with E-state index in [2.05, 4.69) is 10.3 Å². The maximum atomic E-state index is 11.9. The SMILES string of the molecule is CN(C)C(=O)CN=C(NCC1CCCO1)N(C)Cc1ccc(Cl)cc1. The minimum Gasteiger partial charge on any atom is -0.376 e. The van der Waals surface area contributed by atoms with Crippen LogP contribution in [0.1, 0.15) is 18.4 Å². The zero-order valence-corrected chi connectivity index (χ0v) is 15.9. The lowest BCUT2D eigenvalue weighted by atomic mass is 10.2. The quantitative estimate of drug-likeness (QED) is 0.618. The Morgan fingerprint density at radius 3 is 2.64 bits per heavy atom. The number of guanidine groups is 1. The maximum absolute atomic E-state index is 11.9. The van der Waals surface area contributed by atoms with Gasteiger partial charge in [0.2, 0.25) is 5.91 Å². The van der Waals surface area contributed by atoms with Crippen molar-refractivity contribution in [2.75, 3.05) is 40.8 Å². The molecule has 25 heavy (non-hydrogen) atoms. The number of nitrogens with one attached hydrogen (secondary N) is 1. The number of ether oxygens (including phenoxy) is 1. The van der Waals surface area contributed by atoms with Crippen LogP contribution in [0.5, 0.6) is 0 Å². The Morgan fingerprint density at radius 2 is 2.04 bits per heavy atom. The highest BCUT2D eigenvalue weighted by Crippen LogP contribution is 2.12. The zero-order chi connectivity index (χ0) is 18.2. The second-order valence-electron chi connectivity index (χ2n) is 6.43. The van der Waals surface area contributed by atoms with Crippen molar-refractivity contribution in [1.29, 1.82) is 0 Å². The van der Waals surface area contributed by atoms with E-state index in [1.807, 2.05) is 36.2 Å². The molecule has 0 aliphatic carbocycles. The first-order valence-corrected chi connectivity index (χ1v) is 8.89. The number of rotatable bonds is 6. The molecule has 7 heteroatoms. The van der Waals surface area contributed by atoms with Crippen molar-refractivity contribution in [2.24, 2.45) is 4.99 Å². The van der Waals surface area contributed by atoms with Crippen LogP contribution in [0.3, 0.4) is 0 Å². The third-order valence-electron chi connectivity index (χ3n) is 4.07. The molecule has 1 fully saturated rings. The van der Waals surface area contributed by atoms with E-state index >= 15 is 0 Å². The second kappa shape index (κ2) is 9.63. The number of nitrogens with zero attached hydrogens (tertiary/aromatic N) is 3. The molecule has 6 nitrogen and oxygen atoms in total. The first kappa shape index (κ1) is 19.5. The van der Waals surface area contributed by atoms with E-state index in [-0.39, 0.29) is 18.6 Å². The number of likely N-dealkylation sites (N-methyl/N-ethyl adjacent to an activating group) is 1. The van der Waals surface area contributed by atoms with Crippen molar-refractivity contribution < 1.29 is 9.53 Å². The molecule has 0 spiro atoms. The summed E-state index contributed by atoms with van der Waals surface area (Å²) in [5.41, 5.74) is 1.12. The van der Waals surface area contributed by atoms with Gasteiger partial charge in [-0.3, -0.25) is 4.79 Å². The van der Waals surface area contributed by atoms with Crippen molar-refractivity contribution in [3.63, 3.8) is 0 Å². The molecule has 2 rings (SSSR count). The summed E-state index contributed by atoms with van der Waals surface area (Å²) >= 11 is 5.94. The van der Waals surface area contributed by atoms with Crippen LogP contribution in [0.25, 0.3) is 0 Å². The Bertz CT molecular complexity index is 583.